The molecule has 4 rings (SSSR count). The highest BCUT2D eigenvalue weighted by Crippen LogP contribution is 2.30. The summed E-state index contributed by atoms with van der Waals surface area (Å²) in [5.41, 5.74) is 6.73. The number of para-hydroxylation sites is 1. The molecule has 142 valence electrons. The van der Waals surface area contributed by atoms with Gasteiger partial charge in [-0.05, 0) is 42.0 Å². The molecule has 0 saturated carbocycles. The molecule has 0 bridgehead atoms. The van der Waals surface area contributed by atoms with Crippen LogP contribution >= 0.6 is 23.7 Å². The zero-order valence-electron chi connectivity index (χ0n) is 15.0. The van der Waals surface area contributed by atoms with Gasteiger partial charge >= 0.3 is 0 Å². The van der Waals surface area contributed by atoms with Gasteiger partial charge in [-0.3, -0.25) is 4.79 Å². The van der Waals surface area contributed by atoms with Crippen molar-refractivity contribution in [3.05, 3.63) is 53.7 Å². The Morgan fingerprint density at radius 1 is 1.26 bits per heavy atom. The number of amides is 1. The van der Waals surface area contributed by atoms with Gasteiger partial charge in [0.05, 0.1) is 10.6 Å². The largest absolute Gasteiger partial charge is 0.335 e. The van der Waals surface area contributed by atoms with Gasteiger partial charge in [0.1, 0.15) is 0 Å². The van der Waals surface area contributed by atoms with Crippen LogP contribution in [0.15, 0.2) is 47.8 Å². The number of halogens is 1. The van der Waals surface area contributed by atoms with Crippen molar-refractivity contribution in [2.45, 2.75) is 13.3 Å². The molecule has 2 aromatic heterocycles. The standard InChI is InChI=1S/C19H21N5OS.ClH/c1-19(12-20)9-10-23(13-19)18(25)16-21-17(15-8-5-11-26-15)24(22-16)14-6-3-2-4-7-14;/h2-8,11H,9-10,12-13,20H2,1H3;1H. The lowest BCUT2D eigenvalue weighted by molar-refractivity contribution is 0.0765. The number of rotatable bonds is 4. The third-order valence-corrected chi connectivity index (χ3v) is 5.74. The summed E-state index contributed by atoms with van der Waals surface area (Å²) in [7, 11) is 0. The van der Waals surface area contributed by atoms with Crippen LogP contribution in [0.1, 0.15) is 24.0 Å². The van der Waals surface area contributed by atoms with Gasteiger partial charge in [0.15, 0.2) is 5.82 Å². The Labute approximate surface area is 168 Å². The second-order valence-corrected chi connectivity index (χ2v) is 7.92. The maximum Gasteiger partial charge on any atom is 0.293 e. The number of benzene rings is 1. The average molecular weight is 404 g/mol. The summed E-state index contributed by atoms with van der Waals surface area (Å²) in [5.74, 6) is 0.795. The fourth-order valence-electron chi connectivity index (χ4n) is 3.22. The van der Waals surface area contributed by atoms with Crippen LogP contribution < -0.4 is 5.73 Å². The number of nitrogens with two attached hydrogens (primary N) is 1. The molecule has 0 radical (unpaired) electrons. The van der Waals surface area contributed by atoms with Crippen LogP contribution in [-0.4, -0.2) is 45.2 Å². The summed E-state index contributed by atoms with van der Waals surface area (Å²) in [6, 6.07) is 13.7. The van der Waals surface area contributed by atoms with E-state index in [-0.39, 0.29) is 29.6 Å². The van der Waals surface area contributed by atoms with Crippen LogP contribution in [0.25, 0.3) is 16.4 Å². The van der Waals surface area contributed by atoms with Crippen LogP contribution in [0.4, 0.5) is 0 Å². The summed E-state index contributed by atoms with van der Waals surface area (Å²) in [5, 5.41) is 6.54. The SMILES string of the molecule is CC1(CN)CCN(C(=O)c2nc(-c3cccs3)n(-c3ccccc3)n2)C1.Cl. The molecule has 27 heavy (non-hydrogen) atoms. The summed E-state index contributed by atoms with van der Waals surface area (Å²) in [6.45, 7) is 4.04. The normalized spacial score (nSPS) is 19.1. The van der Waals surface area contributed by atoms with Gasteiger partial charge < -0.3 is 10.6 Å². The topological polar surface area (TPSA) is 77.0 Å². The Balaban J connectivity index is 0.00000210. The lowest BCUT2D eigenvalue weighted by Crippen LogP contribution is -2.35. The lowest BCUT2D eigenvalue weighted by atomic mass is 9.90. The Bertz CT molecular complexity index is 912. The van der Waals surface area contributed by atoms with Crippen molar-refractivity contribution in [1.29, 1.82) is 0 Å². The van der Waals surface area contributed by atoms with Gasteiger partial charge in [-0.2, -0.15) is 0 Å². The minimum atomic E-state index is -0.130. The van der Waals surface area contributed by atoms with Crippen molar-refractivity contribution in [3.8, 4) is 16.4 Å². The molecule has 3 aromatic rings. The highest BCUT2D eigenvalue weighted by atomic mass is 35.5. The van der Waals surface area contributed by atoms with E-state index in [0.717, 1.165) is 17.0 Å². The fraction of sp³-hybridized carbons (Fsp3) is 0.316. The number of nitrogens with zero attached hydrogens (tertiary/aromatic N) is 4. The van der Waals surface area contributed by atoms with E-state index in [9.17, 15) is 4.79 Å². The van der Waals surface area contributed by atoms with E-state index >= 15 is 0 Å². The molecule has 0 spiro atoms. The van der Waals surface area contributed by atoms with E-state index in [1.165, 1.54) is 0 Å². The molecule has 1 saturated heterocycles. The van der Waals surface area contributed by atoms with Crippen LogP contribution in [0, 0.1) is 5.41 Å². The molecule has 8 heteroatoms. The van der Waals surface area contributed by atoms with Gasteiger partial charge in [0, 0.05) is 13.1 Å². The minimum absolute atomic E-state index is 0. The molecule has 1 aliphatic heterocycles. The number of hydrogen-bond acceptors (Lipinski definition) is 5. The zero-order chi connectivity index (χ0) is 18.1. The number of aromatic nitrogens is 3. The molecular formula is C19H22ClN5OS. The zero-order valence-corrected chi connectivity index (χ0v) is 16.7. The molecule has 1 aromatic carbocycles. The average Bonchev–Trinajstić information content (AvgIpc) is 3.41. The predicted octanol–water partition coefficient (Wildman–Crippen LogP) is 3.23. The van der Waals surface area contributed by atoms with Gasteiger partial charge in [-0.25, -0.2) is 9.67 Å². The first-order valence-electron chi connectivity index (χ1n) is 8.65. The highest BCUT2D eigenvalue weighted by Gasteiger charge is 2.36. The van der Waals surface area contributed by atoms with Crippen molar-refractivity contribution in [1.82, 2.24) is 19.7 Å². The lowest BCUT2D eigenvalue weighted by Gasteiger charge is -2.21. The van der Waals surface area contributed by atoms with Crippen molar-refractivity contribution >= 4 is 29.7 Å². The Morgan fingerprint density at radius 2 is 2.04 bits per heavy atom. The minimum Gasteiger partial charge on any atom is -0.335 e. The van der Waals surface area contributed by atoms with E-state index in [0.29, 0.717) is 25.5 Å². The van der Waals surface area contributed by atoms with Crippen LogP contribution in [0.2, 0.25) is 0 Å². The Hall–Kier alpha value is -2.22. The number of carbonyl (C=O) groups excluding carboxylic acids is 1. The Morgan fingerprint density at radius 3 is 2.67 bits per heavy atom. The summed E-state index contributed by atoms with van der Waals surface area (Å²) >= 11 is 1.58. The van der Waals surface area contributed by atoms with Crippen LogP contribution in [0.5, 0.6) is 0 Å². The van der Waals surface area contributed by atoms with E-state index < -0.39 is 0 Å². The van der Waals surface area contributed by atoms with E-state index in [1.54, 1.807) is 16.0 Å². The molecule has 1 fully saturated rings. The molecule has 1 amide bonds. The van der Waals surface area contributed by atoms with Crippen molar-refractivity contribution < 1.29 is 4.79 Å². The third kappa shape index (κ3) is 3.76. The molecule has 3 heterocycles. The molecule has 1 atom stereocenters. The second kappa shape index (κ2) is 7.80. The first-order valence-corrected chi connectivity index (χ1v) is 9.53. The number of hydrogen-bond donors (Lipinski definition) is 1. The van der Waals surface area contributed by atoms with E-state index in [2.05, 4.69) is 17.0 Å². The van der Waals surface area contributed by atoms with Crippen molar-refractivity contribution in [2.75, 3.05) is 19.6 Å². The van der Waals surface area contributed by atoms with Gasteiger partial charge in [0.25, 0.3) is 5.91 Å². The Kier molecular flexibility index (Phi) is 5.64. The third-order valence-electron chi connectivity index (χ3n) is 4.88. The summed E-state index contributed by atoms with van der Waals surface area (Å²) < 4.78 is 1.75. The molecule has 0 aliphatic carbocycles. The maximum absolute atomic E-state index is 13.0. The quantitative estimate of drug-likeness (QED) is 0.725. The smallest absolute Gasteiger partial charge is 0.293 e. The first kappa shape index (κ1) is 19.5. The number of thiophene rings is 1. The first-order chi connectivity index (χ1) is 12.6. The monoisotopic (exact) mass is 403 g/mol. The summed E-state index contributed by atoms with van der Waals surface area (Å²) in [6.07, 6.45) is 0.909. The van der Waals surface area contributed by atoms with Crippen molar-refractivity contribution in [2.24, 2.45) is 11.1 Å². The number of carbonyl (C=O) groups is 1. The maximum atomic E-state index is 13.0. The van der Waals surface area contributed by atoms with Crippen molar-refractivity contribution in [3.63, 3.8) is 0 Å². The predicted molar refractivity (Wildman–Crippen MR) is 110 cm³/mol. The second-order valence-electron chi connectivity index (χ2n) is 6.98. The molecule has 6 nitrogen and oxygen atoms in total. The van der Waals surface area contributed by atoms with Crippen LogP contribution in [-0.2, 0) is 0 Å². The molecule has 2 N–H and O–H groups in total. The highest BCUT2D eigenvalue weighted by molar-refractivity contribution is 7.13. The molecule has 1 unspecified atom stereocenters. The van der Waals surface area contributed by atoms with Crippen LogP contribution in [0.3, 0.4) is 0 Å². The molecule has 1 aliphatic rings. The van der Waals surface area contributed by atoms with Gasteiger partial charge in [-0.15, -0.1) is 28.8 Å². The van der Waals surface area contributed by atoms with E-state index in [1.807, 2.05) is 52.7 Å². The van der Waals surface area contributed by atoms with E-state index in [4.69, 9.17) is 5.73 Å². The number of likely N-dealkylation sites (tertiary alicyclic amines) is 1. The van der Waals surface area contributed by atoms with Gasteiger partial charge in [0.2, 0.25) is 5.82 Å². The van der Waals surface area contributed by atoms with Gasteiger partial charge in [-0.1, -0.05) is 31.2 Å². The molecular weight excluding hydrogens is 382 g/mol. The summed E-state index contributed by atoms with van der Waals surface area (Å²) in [4.78, 5) is 20.3. The fourth-order valence-corrected chi connectivity index (χ4v) is 3.92.